The van der Waals surface area contributed by atoms with E-state index in [2.05, 4.69) is 45.0 Å². The van der Waals surface area contributed by atoms with Crippen molar-refractivity contribution in [2.24, 2.45) is 5.92 Å². The average molecular weight is 512 g/mol. The highest BCUT2D eigenvalue weighted by atomic mass is 28.4. The molecule has 2 atom stereocenters. The lowest BCUT2D eigenvalue weighted by Gasteiger charge is -2.46. The van der Waals surface area contributed by atoms with Crippen LogP contribution in [0.1, 0.15) is 54.4 Å². The lowest BCUT2D eigenvalue weighted by atomic mass is 9.90. The molecular formula is C29H41NO5Si. The van der Waals surface area contributed by atoms with Crippen molar-refractivity contribution >= 4 is 30.8 Å². The minimum absolute atomic E-state index is 0.215. The van der Waals surface area contributed by atoms with Gasteiger partial charge in [0, 0.05) is 6.54 Å². The Labute approximate surface area is 217 Å². The maximum absolute atomic E-state index is 13.2. The second-order valence-electron chi connectivity index (χ2n) is 11.5. The molecule has 1 saturated heterocycles. The lowest BCUT2D eigenvalue weighted by molar-refractivity contribution is -0.150. The van der Waals surface area contributed by atoms with Crippen molar-refractivity contribution in [3.05, 3.63) is 60.7 Å². The monoisotopic (exact) mass is 511 g/mol. The molecule has 196 valence electrons. The highest BCUT2D eigenvalue weighted by Gasteiger charge is 2.52. The summed E-state index contributed by atoms with van der Waals surface area (Å²) in [4.78, 5) is 27.8. The van der Waals surface area contributed by atoms with Gasteiger partial charge in [0.15, 0.2) is 0 Å². The zero-order valence-corrected chi connectivity index (χ0v) is 23.7. The fourth-order valence-electron chi connectivity index (χ4n) is 5.21. The molecule has 0 N–H and O–H groups in total. The van der Waals surface area contributed by atoms with Crippen LogP contribution in [0.25, 0.3) is 0 Å². The van der Waals surface area contributed by atoms with Crippen LogP contribution in [0.3, 0.4) is 0 Å². The Balaban J connectivity index is 2.07. The molecule has 1 fully saturated rings. The van der Waals surface area contributed by atoms with Crippen molar-refractivity contribution in [2.75, 3.05) is 20.3 Å². The van der Waals surface area contributed by atoms with Gasteiger partial charge < -0.3 is 18.8 Å². The third-order valence-corrected chi connectivity index (χ3v) is 11.8. The number of rotatable bonds is 6. The number of amides is 1. The smallest absolute Gasteiger partial charge is 0.410 e. The van der Waals surface area contributed by atoms with Crippen molar-refractivity contribution in [2.45, 2.75) is 71.1 Å². The van der Waals surface area contributed by atoms with E-state index in [1.807, 2.05) is 57.2 Å². The van der Waals surface area contributed by atoms with Crippen molar-refractivity contribution < 1.29 is 23.5 Å². The van der Waals surface area contributed by atoms with Crippen LogP contribution >= 0.6 is 0 Å². The summed E-state index contributed by atoms with van der Waals surface area (Å²) in [6, 6.07) is 20.2. The first-order valence-corrected chi connectivity index (χ1v) is 14.6. The van der Waals surface area contributed by atoms with Crippen LogP contribution in [-0.2, 0) is 18.7 Å². The molecule has 2 aromatic carbocycles. The van der Waals surface area contributed by atoms with Gasteiger partial charge in [-0.15, -0.1) is 0 Å². The number of carbonyl (C=O) groups excluding carboxylic acids is 2. The summed E-state index contributed by atoms with van der Waals surface area (Å²) in [5.41, 5.74) is -0.640. The summed E-state index contributed by atoms with van der Waals surface area (Å²) in [6.45, 7) is 12.9. The standard InChI is InChI=1S/C29H41NO5Si/c1-28(2,3)35-27(32)30-20-14-19-24(26(31)33-7)25(30)21-34-36(29(4,5)6,22-15-10-8-11-16-22)23-17-12-9-13-18-23/h8-13,15-18,24-25H,14,19-21H2,1-7H3/t24-,25-/m0/s1. The Hall–Kier alpha value is -2.64. The molecule has 1 aliphatic rings. The molecule has 1 amide bonds. The van der Waals surface area contributed by atoms with E-state index >= 15 is 0 Å². The predicted molar refractivity (Wildman–Crippen MR) is 145 cm³/mol. The van der Waals surface area contributed by atoms with Gasteiger partial charge in [0.1, 0.15) is 5.60 Å². The summed E-state index contributed by atoms with van der Waals surface area (Å²) in [5.74, 6) is -0.797. The van der Waals surface area contributed by atoms with Crippen LogP contribution in [0.4, 0.5) is 4.79 Å². The molecule has 1 aliphatic heterocycles. The summed E-state index contributed by atoms with van der Waals surface area (Å²) >= 11 is 0. The molecule has 1 heterocycles. The minimum atomic E-state index is -2.85. The van der Waals surface area contributed by atoms with Crippen LogP contribution < -0.4 is 10.4 Å². The predicted octanol–water partition coefficient (Wildman–Crippen LogP) is 4.75. The number of nitrogens with zero attached hydrogens (tertiary/aromatic N) is 1. The molecule has 2 aromatic rings. The molecule has 7 heteroatoms. The minimum Gasteiger partial charge on any atom is -0.469 e. The van der Waals surface area contributed by atoms with E-state index in [1.165, 1.54) is 7.11 Å². The highest BCUT2D eigenvalue weighted by molar-refractivity contribution is 6.99. The van der Waals surface area contributed by atoms with Crippen molar-refractivity contribution in [1.29, 1.82) is 0 Å². The number of carbonyl (C=O) groups is 2. The van der Waals surface area contributed by atoms with Crippen molar-refractivity contribution in [1.82, 2.24) is 4.90 Å². The van der Waals surface area contributed by atoms with E-state index < -0.39 is 32.0 Å². The van der Waals surface area contributed by atoms with Gasteiger partial charge in [0.25, 0.3) is 8.32 Å². The molecule has 3 rings (SSSR count). The van der Waals surface area contributed by atoms with Crippen LogP contribution in [0, 0.1) is 5.92 Å². The first-order chi connectivity index (χ1) is 16.9. The number of benzene rings is 2. The fraction of sp³-hybridized carbons (Fsp3) is 0.517. The Morgan fingerprint density at radius 2 is 1.44 bits per heavy atom. The number of methoxy groups -OCH3 is 1. The second kappa shape index (κ2) is 11.2. The van der Waals surface area contributed by atoms with Gasteiger partial charge in [-0.3, -0.25) is 4.79 Å². The SMILES string of the molecule is COC(=O)[C@H]1CCCN(C(=O)OC(C)(C)C)[C@H]1CO[Si](c1ccccc1)(c1ccccc1)C(C)(C)C. The van der Waals surface area contributed by atoms with Gasteiger partial charge in [0.05, 0.1) is 25.7 Å². The van der Waals surface area contributed by atoms with Crippen molar-refractivity contribution in [3.8, 4) is 0 Å². The zero-order valence-electron chi connectivity index (χ0n) is 22.7. The summed E-state index contributed by atoms with van der Waals surface area (Å²) in [6.07, 6.45) is 0.919. The number of hydrogen-bond donors (Lipinski definition) is 0. The number of esters is 1. The topological polar surface area (TPSA) is 65.1 Å². The normalized spacial score (nSPS) is 19.0. The van der Waals surface area contributed by atoms with Crippen LogP contribution in [0.2, 0.25) is 5.04 Å². The first-order valence-electron chi connectivity index (χ1n) is 12.7. The molecule has 36 heavy (non-hydrogen) atoms. The molecule has 0 bridgehead atoms. The quantitative estimate of drug-likeness (QED) is 0.414. The van der Waals surface area contributed by atoms with Crippen LogP contribution in [0.15, 0.2) is 60.7 Å². The second-order valence-corrected chi connectivity index (χ2v) is 15.8. The Kier molecular flexibility index (Phi) is 8.67. The van der Waals surface area contributed by atoms with E-state index in [1.54, 1.807) is 4.90 Å². The molecule has 0 aromatic heterocycles. The zero-order chi connectivity index (χ0) is 26.6. The number of ether oxygens (including phenoxy) is 2. The van der Waals surface area contributed by atoms with E-state index in [9.17, 15) is 9.59 Å². The highest BCUT2D eigenvalue weighted by Crippen LogP contribution is 2.38. The van der Waals surface area contributed by atoms with Gasteiger partial charge in [-0.05, 0) is 49.0 Å². The first kappa shape index (κ1) is 27.9. The maximum Gasteiger partial charge on any atom is 0.410 e. The van der Waals surface area contributed by atoms with Gasteiger partial charge in [-0.1, -0.05) is 81.4 Å². The largest absolute Gasteiger partial charge is 0.469 e. The lowest BCUT2D eigenvalue weighted by Crippen LogP contribution is -2.68. The maximum atomic E-state index is 13.2. The van der Waals surface area contributed by atoms with E-state index in [0.717, 1.165) is 10.4 Å². The molecule has 0 radical (unpaired) electrons. The van der Waals surface area contributed by atoms with Crippen LogP contribution in [-0.4, -0.2) is 57.2 Å². The molecule has 0 unspecified atom stereocenters. The van der Waals surface area contributed by atoms with Gasteiger partial charge >= 0.3 is 12.1 Å². The Morgan fingerprint density at radius 1 is 0.917 bits per heavy atom. The van der Waals surface area contributed by atoms with Gasteiger partial charge in [-0.2, -0.15) is 0 Å². The number of piperidine rings is 1. The summed E-state index contributed by atoms with van der Waals surface area (Å²) in [7, 11) is -1.45. The molecule has 0 spiro atoms. The van der Waals surface area contributed by atoms with Crippen molar-refractivity contribution in [3.63, 3.8) is 0 Å². The van der Waals surface area contributed by atoms with E-state index in [4.69, 9.17) is 13.9 Å². The Morgan fingerprint density at radius 3 is 1.89 bits per heavy atom. The van der Waals surface area contributed by atoms with E-state index in [0.29, 0.717) is 19.4 Å². The number of hydrogen-bond acceptors (Lipinski definition) is 5. The molecule has 0 aliphatic carbocycles. The summed E-state index contributed by atoms with van der Waals surface area (Å²) in [5, 5.41) is 2.08. The van der Waals surface area contributed by atoms with E-state index in [-0.39, 0.29) is 17.6 Å². The fourth-order valence-corrected chi connectivity index (χ4v) is 9.78. The summed E-state index contributed by atoms with van der Waals surface area (Å²) < 4.78 is 18.0. The third kappa shape index (κ3) is 6.01. The van der Waals surface area contributed by atoms with Gasteiger partial charge in [0.2, 0.25) is 0 Å². The van der Waals surface area contributed by atoms with Gasteiger partial charge in [-0.25, -0.2) is 4.79 Å². The molecule has 0 saturated carbocycles. The van der Waals surface area contributed by atoms with Crippen LogP contribution in [0.5, 0.6) is 0 Å². The molecular weight excluding hydrogens is 470 g/mol. The Bertz CT molecular complexity index is 974. The third-order valence-electron chi connectivity index (χ3n) is 6.80. The average Bonchev–Trinajstić information content (AvgIpc) is 2.83. The molecule has 6 nitrogen and oxygen atoms in total. The number of likely N-dealkylation sites (tertiary alicyclic amines) is 1.